The molecule has 0 aromatic heterocycles. The van der Waals surface area contributed by atoms with Crippen LogP contribution in [0.1, 0.15) is 31.4 Å². The van der Waals surface area contributed by atoms with Gasteiger partial charge in [-0.1, -0.05) is 19.1 Å². The van der Waals surface area contributed by atoms with E-state index in [1.54, 1.807) is 13.0 Å². The third kappa shape index (κ3) is 2.87. The summed E-state index contributed by atoms with van der Waals surface area (Å²) in [5.74, 6) is 0. The van der Waals surface area contributed by atoms with Crippen molar-refractivity contribution in [3.8, 4) is 0 Å². The van der Waals surface area contributed by atoms with Crippen LogP contribution < -0.4 is 5.73 Å². The molecule has 0 fully saturated rings. The van der Waals surface area contributed by atoms with Crippen LogP contribution in [0.3, 0.4) is 0 Å². The first-order valence-corrected chi connectivity index (χ1v) is 7.42. The van der Waals surface area contributed by atoms with Crippen LogP contribution in [0.4, 0.5) is 0 Å². The topological polar surface area (TPSA) is 60.2 Å². The van der Waals surface area contributed by atoms with Gasteiger partial charge in [0.2, 0.25) is 0 Å². The molecule has 2 unspecified atom stereocenters. The first kappa shape index (κ1) is 14.2. The number of hydrogen-bond donors (Lipinski definition) is 1. The maximum absolute atomic E-state index is 12.4. The minimum absolute atomic E-state index is 0.320. The molecule has 17 heavy (non-hydrogen) atoms. The summed E-state index contributed by atoms with van der Waals surface area (Å²) in [6, 6.07) is 5.16. The van der Waals surface area contributed by atoms with E-state index in [1.165, 1.54) is 0 Å². The molecule has 1 aromatic carbocycles. The first-order chi connectivity index (χ1) is 7.80. The number of sulfone groups is 1. The highest BCUT2D eigenvalue weighted by atomic mass is 32.2. The van der Waals surface area contributed by atoms with E-state index in [0.717, 1.165) is 11.1 Å². The van der Waals surface area contributed by atoms with Crippen molar-refractivity contribution < 1.29 is 8.42 Å². The van der Waals surface area contributed by atoms with Crippen molar-refractivity contribution in [3.63, 3.8) is 0 Å². The predicted molar refractivity (Wildman–Crippen MR) is 70.8 cm³/mol. The van der Waals surface area contributed by atoms with Gasteiger partial charge >= 0.3 is 0 Å². The van der Waals surface area contributed by atoms with E-state index in [0.29, 0.717) is 11.3 Å². The van der Waals surface area contributed by atoms with Gasteiger partial charge in [-0.25, -0.2) is 8.42 Å². The summed E-state index contributed by atoms with van der Waals surface area (Å²) in [4.78, 5) is 0.411. The highest BCUT2D eigenvalue weighted by molar-refractivity contribution is 7.92. The summed E-state index contributed by atoms with van der Waals surface area (Å²) in [5, 5.41) is -0.548. The Morgan fingerprint density at radius 3 is 2.41 bits per heavy atom. The molecule has 0 heterocycles. The quantitative estimate of drug-likeness (QED) is 0.897. The standard InChI is InChI=1S/C13H21NO2S/c1-5-12(14)11(4)17(15,16)13-8-9(2)6-7-10(13)3/h6-8,11-12H,5,14H2,1-4H3. The molecule has 2 atom stereocenters. The van der Waals surface area contributed by atoms with E-state index < -0.39 is 15.1 Å². The van der Waals surface area contributed by atoms with Crippen molar-refractivity contribution in [1.82, 2.24) is 0 Å². The number of hydrogen-bond acceptors (Lipinski definition) is 3. The van der Waals surface area contributed by atoms with Gasteiger partial charge in [0, 0.05) is 6.04 Å². The minimum atomic E-state index is -3.33. The van der Waals surface area contributed by atoms with Crippen LogP contribution in [0.2, 0.25) is 0 Å². The molecule has 0 saturated heterocycles. The van der Waals surface area contributed by atoms with Crippen LogP contribution in [-0.2, 0) is 9.84 Å². The molecule has 0 aliphatic rings. The monoisotopic (exact) mass is 255 g/mol. The second-order valence-electron chi connectivity index (χ2n) is 4.59. The Morgan fingerprint density at radius 2 is 1.88 bits per heavy atom. The molecule has 96 valence electrons. The lowest BCUT2D eigenvalue weighted by Crippen LogP contribution is -2.38. The lowest BCUT2D eigenvalue weighted by molar-refractivity contribution is 0.551. The molecule has 0 aliphatic carbocycles. The van der Waals surface area contributed by atoms with Crippen molar-refractivity contribution in [2.75, 3.05) is 0 Å². The summed E-state index contributed by atoms with van der Waals surface area (Å²) in [6.07, 6.45) is 0.658. The first-order valence-electron chi connectivity index (χ1n) is 5.87. The van der Waals surface area contributed by atoms with Crippen LogP contribution in [0.25, 0.3) is 0 Å². The molecule has 0 amide bonds. The molecule has 4 heteroatoms. The molecule has 1 rings (SSSR count). The number of rotatable bonds is 4. The van der Waals surface area contributed by atoms with Crippen LogP contribution in [0.5, 0.6) is 0 Å². The molecular weight excluding hydrogens is 234 g/mol. The molecule has 0 spiro atoms. The second-order valence-corrected chi connectivity index (χ2v) is 6.86. The summed E-state index contributed by atoms with van der Waals surface area (Å²) in [6.45, 7) is 7.30. The van der Waals surface area contributed by atoms with E-state index in [-0.39, 0.29) is 6.04 Å². The lowest BCUT2D eigenvalue weighted by atomic mass is 10.2. The fourth-order valence-corrected chi connectivity index (χ4v) is 3.70. The second kappa shape index (κ2) is 5.19. The fourth-order valence-electron chi connectivity index (χ4n) is 1.78. The summed E-state index contributed by atoms with van der Waals surface area (Å²) >= 11 is 0. The molecule has 2 N–H and O–H groups in total. The summed E-state index contributed by atoms with van der Waals surface area (Å²) in [7, 11) is -3.33. The number of aryl methyl sites for hydroxylation is 2. The Kier molecular flexibility index (Phi) is 4.33. The highest BCUT2D eigenvalue weighted by Gasteiger charge is 2.28. The highest BCUT2D eigenvalue weighted by Crippen LogP contribution is 2.23. The lowest BCUT2D eigenvalue weighted by Gasteiger charge is -2.20. The zero-order chi connectivity index (χ0) is 13.2. The van der Waals surface area contributed by atoms with Gasteiger partial charge in [0.15, 0.2) is 9.84 Å². The van der Waals surface area contributed by atoms with Crippen LogP contribution >= 0.6 is 0 Å². The van der Waals surface area contributed by atoms with Crippen molar-refractivity contribution in [3.05, 3.63) is 29.3 Å². The van der Waals surface area contributed by atoms with Gasteiger partial charge in [0.05, 0.1) is 10.1 Å². The average molecular weight is 255 g/mol. The maximum atomic E-state index is 12.4. The third-order valence-corrected chi connectivity index (χ3v) is 5.60. The van der Waals surface area contributed by atoms with E-state index >= 15 is 0 Å². The van der Waals surface area contributed by atoms with Gasteiger partial charge in [-0.3, -0.25) is 0 Å². The van der Waals surface area contributed by atoms with Crippen molar-refractivity contribution in [2.45, 2.75) is 50.3 Å². The molecular formula is C13H21NO2S. The summed E-state index contributed by atoms with van der Waals surface area (Å²) in [5.41, 5.74) is 7.58. The Balaban J connectivity index is 3.26. The number of benzene rings is 1. The minimum Gasteiger partial charge on any atom is -0.327 e. The Hall–Kier alpha value is -0.870. The van der Waals surface area contributed by atoms with Gasteiger partial charge < -0.3 is 5.73 Å². The van der Waals surface area contributed by atoms with E-state index in [2.05, 4.69) is 0 Å². The largest absolute Gasteiger partial charge is 0.327 e. The van der Waals surface area contributed by atoms with Crippen molar-refractivity contribution in [1.29, 1.82) is 0 Å². The molecule has 0 radical (unpaired) electrons. The van der Waals surface area contributed by atoms with Crippen LogP contribution in [0, 0.1) is 13.8 Å². The summed E-state index contributed by atoms with van der Waals surface area (Å²) < 4.78 is 24.9. The molecule has 3 nitrogen and oxygen atoms in total. The zero-order valence-corrected chi connectivity index (χ0v) is 11.7. The third-order valence-electron chi connectivity index (χ3n) is 3.21. The van der Waals surface area contributed by atoms with E-state index in [1.807, 2.05) is 32.9 Å². The Bertz CT molecular complexity index is 494. The van der Waals surface area contributed by atoms with Crippen LogP contribution in [0.15, 0.2) is 23.1 Å². The normalized spacial score (nSPS) is 15.6. The number of nitrogens with two attached hydrogens (primary N) is 1. The smallest absolute Gasteiger partial charge is 0.182 e. The van der Waals surface area contributed by atoms with E-state index in [4.69, 9.17) is 5.73 Å². The van der Waals surface area contributed by atoms with Gasteiger partial charge in [-0.15, -0.1) is 0 Å². The van der Waals surface area contributed by atoms with Gasteiger partial charge in [-0.2, -0.15) is 0 Å². The van der Waals surface area contributed by atoms with E-state index in [9.17, 15) is 8.42 Å². The molecule has 0 aliphatic heterocycles. The molecule has 1 aromatic rings. The van der Waals surface area contributed by atoms with Crippen molar-refractivity contribution in [2.24, 2.45) is 5.73 Å². The predicted octanol–water partition coefficient (Wildman–Crippen LogP) is 2.20. The Morgan fingerprint density at radius 1 is 1.29 bits per heavy atom. The molecule has 0 saturated carbocycles. The van der Waals surface area contributed by atoms with Gasteiger partial charge in [-0.05, 0) is 44.4 Å². The van der Waals surface area contributed by atoms with Gasteiger partial charge in [0.1, 0.15) is 0 Å². The Labute approximate surface area is 104 Å². The van der Waals surface area contributed by atoms with Crippen LogP contribution in [-0.4, -0.2) is 19.7 Å². The maximum Gasteiger partial charge on any atom is 0.182 e. The average Bonchev–Trinajstić information content (AvgIpc) is 2.30. The zero-order valence-electron chi connectivity index (χ0n) is 10.9. The van der Waals surface area contributed by atoms with Crippen molar-refractivity contribution >= 4 is 9.84 Å². The molecule has 0 bridgehead atoms. The van der Waals surface area contributed by atoms with Gasteiger partial charge in [0.25, 0.3) is 0 Å². The SMILES string of the molecule is CCC(N)C(C)S(=O)(=O)c1cc(C)ccc1C. The fraction of sp³-hybridized carbons (Fsp3) is 0.538.